The second kappa shape index (κ2) is 6.56. The smallest absolute Gasteiger partial charge is 0.276 e. The van der Waals surface area contributed by atoms with Gasteiger partial charge in [-0.05, 0) is 31.4 Å². The summed E-state index contributed by atoms with van der Waals surface area (Å²) < 4.78 is 31.7. The largest absolute Gasteiger partial charge is 0.447 e. The second-order valence-corrected chi connectivity index (χ2v) is 6.90. The molecular weight excluding hydrogens is 276 g/mol. The lowest BCUT2D eigenvalue weighted by Crippen LogP contribution is -2.31. The van der Waals surface area contributed by atoms with Crippen molar-refractivity contribution in [3.8, 4) is 0 Å². The van der Waals surface area contributed by atoms with Gasteiger partial charge < -0.3 is 9.73 Å². The van der Waals surface area contributed by atoms with Crippen molar-refractivity contribution in [3.63, 3.8) is 0 Å². The number of furan rings is 1. The van der Waals surface area contributed by atoms with Crippen LogP contribution in [0.4, 0.5) is 0 Å². The zero-order chi connectivity index (χ0) is 14.6. The maximum atomic E-state index is 12.4. The van der Waals surface area contributed by atoms with E-state index >= 15 is 0 Å². The lowest BCUT2D eigenvalue weighted by molar-refractivity contribution is 0.372. The Morgan fingerprint density at radius 2 is 2.25 bits per heavy atom. The average Bonchev–Trinajstić information content (AvgIpc) is 3.12. The third-order valence-electron chi connectivity index (χ3n) is 3.18. The molecule has 0 aliphatic heterocycles. The van der Waals surface area contributed by atoms with Crippen molar-refractivity contribution in [2.45, 2.75) is 43.9 Å². The fourth-order valence-corrected chi connectivity index (χ4v) is 3.39. The highest BCUT2D eigenvalue weighted by Gasteiger charge is 2.27. The molecule has 1 fully saturated rings. The first-order valence-corrected chi connectivity index (χ1v) is 8.45. The van der Waals surface area contributed by atoms with Crippen LogP contribution in [0.2, 0.25) is 0 Å². The van der Waals surface area contributed by atoms with Crippen molar-refractivity contribution in [3.05, 3.63) is 30.5 Å². The Balaban J connectivity index is 2.08. The lowest BCUT2D eigenvalue weighted by Gasteiger charge is -2.18. The highest BCUT2D eigenvalue weighted by molar-refractivity contribution is 7.89. The molecule has 5 nitrogen and oxygen atoms in total. The molecule has 20 heavy (non-hydrogen) atoms. The zero-order valence-electron chi connectivity index (χ0n) is 11.8. The third kappa shape index (κ3) is 3.71. The summed E-state index contributed by atoms with van der Waals surface area (Å²) in [5, 5.41) is 3.31. The van der Waals surface area contributed by atoms with Crippen molar-refractivity contribution in [2.75, 3.05) is 13.1 Å². The number of nitrogens with zero attached hydrogens (tertiary/aromatic N) is 1. The van der Waals surface area contributed by atoms with Crippen LogP contribution < -0.4 is 5.32 Å². The Bertz CT molecular complexity index is 547. The number of nitrogens with one attached hydrogen (secondary N) is 1. The summed E-state index contributed by atoms with van der Waals surface area (Å²) in [6, 6.07) is 3.82. The molecule has 0 saturated heterocycles. The Hall–Kier alpha value is -1.11. The lowest BCUT2D eigenvalue weighted by atomic mass is 10.4. The van der Waals surface area contributed by atoms with Gasteiger partial charge in [0.1, 0.15) is 5.76 Å². The number of hydrogen-bond acceptors (Lipinski definition) is 4. The van der Waals surface area contributed by atoms with Crippen molar-refractivity contribution >= 4 is 10.0 Å². The number of hydrogen-bond donors (Lipinski definition) is 1. The summed E-state index contributed by atoms with van der Waals surface area (Å²) in [6.45, 7) is 6.89. The molecule has 2 rings (SSSR count). The van der Waals surface area contributed by atoms with Crippen LogP contribution in [0.25, 0.3) is 0 Å². The maximum Gasteiger partial charge on any atom is 0.276 e. The molecule has 1 saturated carbocycles. The predicted molar refractivity (Wildman–Crippen MR) is 77.8 cm³/mol. The third-order valence-corrected chi connectivity index (χ3v) is 4.92. The van der Waals surface area contributed by atoms with Gasteiger partial charge in [-0.3, -0.25) is 0 Å². The minimum absolute atomic E-state index is 0.0143. The van der Waals surface area contributed by atoms with Crippen molar-refractivity contribution in [2.24, 2.45) is 0 Å². The minimum atomic E-state index is -3.56. The van der Waals surface area contributed by atoms with E-state index in [4.69, 9.17) is 4.42 Å². The van der Waals surface area contributed by atoms with E-state index in [0.717, 1.165) is 6.42 Å². The molecule has 112 valence electrons. The van der Waals surface area contributed by atoms with Gasteiger partial charge in [0.2, 0.25) is 5.09 Å². The van der Waals surface area contributed by atoms with Crippen LogP contribution in [0.5, 0.6) is 0 Å². The highest BCUT2D eigenvalue weighted by atomic mass is 32.2. The summed E-state index contributed by atoms with van der Waals surface area (Å²) in [6.07, 6.45) is 4.72. The SMILES string of the molecule is C=CCN(CCC)S(=O)(=O)c1ccc(CNC2CC2)o1. The number of sulfonamides is 1. The summed E-state index contributed by atoms with van der Waals surface area (Å²) in [4.78, 5) is 0. The maximum absolute atomic E-state index is 12.4. The fraction of sp³-hybridized carbons (Fsp3) is 0.571. The molecule has 1 aromatic heterocycles. The Kier molecular flexibility index (Phi) is 5.01. The van der Waals surface area contributed by atoms with Gasteiger partial charge in [0.25, 0.3) is 10.0 Å². The standard InChI is InChI=1S/C14H22N2O3S/c1-3-9-16(10-4-2)20(17,18)14-8-7-13(19-14)11-15-12-5-6-12/h3,7-8,12,15H,1,4-6,9-11H2,2H3. The van der Waals surface area contributed by atoms with Gasteiger partial charge in [0.15, 0.2) is 0 Å². The van der Waals surface area contributed by atoms with Gasteiger partial charge in [-0.25, -0.2) is 8.42 Å². The molecule has 0 bridgehead atoms. The fourth-order valence-electron chi connectivity index (χ4n) is 1.95. The van der Waals surface area contributed by atoms with Crippen LogP contribution in [0.15, 0.2) is 34.3 Å². The van der Waals surface area contributed by atoms with Crippen LogP contribution in [0.1, 0.15) is 31.9 Å². The molecule has 1 aliphatic carbocycles. The molecule has 0 unspecified atom stereocenters. The monoisotopic (exact) mass is 298 g/mol. The van der Waals surface area contributed by atoms with Crippen molar-refractivity contribution < 1.29 is 12.8 Å². The van der Waals surface area contributed by atoms with Gasteiger partial charge in [-0.2, -0.15) is 4.31 Å². The molecule has 1 N–H and O–H groups in total. The van der Waals surface area contributed by atoms with E-state index in [1.165, 1.54) is 23.2 Å². The first-order valence-electron chi connectivity index (χ1n) is 7.01. The average molecular weight is 298 g/mol. The molecule has 0 spiro atoms. The molecule has 0 amide bonds. The normalized spacial score (nSPS) is 15.7. The van der Waals surface area contributed by atoms with Crippen molar-refractivity contribution in [1.29, 1.82) is 0 Å². The van der Waals surface area contributed by atoms with E-state index in [2.05, 4.69) is 11.9 Å². The Morgan fingerprint density at radius 3 is 2.85 bits per heavy atom. The predicted octanol–water partition coefficient (Wildman–Crippen LogP) is 2.12. The van der Waals surface area contributed by atoms with Crippen LogP contribution in [-0.4, -0.2) is 31.9 Å². The summed E-state index contributed by atoms with van der Waals surface area (Å²) in [7, 11) is -3.56. The van der Waals surface area contributed by atoms with Crippen LogP contribution >= 0.6 is 0 Å². The van der Waals surface area contributed by atoms with E-state index in [0.29, 0.717) is 31.4 Å². The first-order chi connectivity index (χ1) is 9.57. The molecule has 1 aromatic rings. The highest BCUT2D eigenvalue weighted by Crippen LogP contribution is 2.22. The molecule has 0 radical (unpaired) electrons. The van der Waals surface area contributed by atoms with Gasteiger partial charge in [-0.1, -0.05) is 13.0 Å². The summed E-state index contributed by atoms with van der Waals surface area (Å²) in [5.41, 5.74) is 0. The molecular formula is C14H22N2O3S. The van der Waals surface area contributed by atoms with Gasteiger partial charge in [-0.15, -0.1) is 6.58 Å². The van der Waals surface area contributed by atoms with Crippen LogP contribution in [0, 0.1) is 0 Å². The van der Waals surface area contributed by atoms with E-state index < -0.39 is 10.0 Å². The van der Waals surface area contributed by atoms with E-state index in [-0.39, 0.29) is 5.09 Å². The number of rotatable bonds is 9. The van der Waals surface area contributed by atoms with Crippen molar-refractivity contribution in [1.82, 2.24) is 9.62 Å². The Labute approximate surface area is 120 Å². The molecule has 0 aromatic carbocycles. The zero-order valence-corrected chi connectivity index (χ0v) is 12.7. The van der Waals surface area contributed by atoms with E-state index in [1.807, 2.05) is 6.92 Å². The molecule has 1 heterocycles. The first kappa shape index (κ1) is 15.3. The molecule has 6 heteroatoms. The summed E-state index contributed by atoms with van der Waals surface area (Å²) in [5.74, 6) is 0.658. The van der Waals surface area contributed by atoms with Crippen LogP contribution in [-0.2, 0) is 16.6 Å². The van der Waals surface area contributed by atoms with Gasteiger partial charge in [0, 0.05) is 19.1 Å². The molecule has 0 atom stereocenters. The van der Waals surface area contributed by atoms with Crippen LogP contribution in [0.3, 0.4) is 0 Å². The minimum Gasteiger partial charge on any atom is -0.447 e. The summed E-state index contributed by atoms with van der Waals surface area (Å²) >= 11 is 0. The topological polar surface area (TPSA) is 62.6 Å². The Morgan fingerprint density at radius 1 is 1.50 bits per heavy atom. The quantitative estimate of drug-likeness (QED) is 0.709. The molecule has 1 aliphatic rings. The van der Waals surface area contributed by atoms with E-state index in [1.54, 1.807) is 12.1 Å². The van der Waals surface area contributed by atoms with E-state index in [9.17, 15) is 8.42 Å². The second-order valence-electron chi connectivity index (χ2n) is 5.03. The van der Waals surface area contributed by atoms with Gasteiger partial charge >= 0.3 is 0 Å². The van der Waals surface area contributed by atoms with Gasteiger partial charge in [0.05, 0.1) is 6.54 Å².